The van der Waals surface area contributed by atoms with Gasteiger partial charge < -0.3 is 4.74 Å². The fourth-order valence-corrected chi connectivity index (χ4v) is 13.2. The number of hydrogen-bond donors (Lipinski definition) is 0. The first-order chi connectivity index (χ1) is 18.2. The zero-order valence-corrected chi connectivity index (χ0v) is 26.8. The zero-order chi connectivity index (χ0) is 26.9. The van der Waals surface area contributed by atoms with E-state index in [2.05, 4.69) is 101 Å². The van der Waals surface area contributed by atoms with E-state index in [0.717, 1.165) is 12.1 Å². The van der Waals surface area contributed by atoms with Gasteiger partial charge in [0.15, 0.2) is 0 Å². The molecule has 0 heterocycles. The van der Waals surface area contributed by atoms with Crippen molar-refractivity contribution in [2.75, 3.05) is 6.23 Å². The van der Waals surface area contributed by atoms with Crippen LogP contribution in [0.15, 0.2) is 60.2 Å². The van der Waals surface area contributed by atoms with E-state index in [-0.39, 0.29) is 14.4 Å². The zero-order valence-electron chi connectivity index (χ0n) is 24.8. The number of rotatable bonds is 9. The van der Waals surface area contributed by atoms with Crippen LogP contribution in [0.25, 0.3) is 11.6 Å². The summed E-state index contributed by atoms with van der Waals surface area (Å²) < 4.78 is 6.82. The summed E-state index contributed by atoms with van der Waals surface area (Å²) in [5, 5.41) is 0. The van der Waals surface area contributed by atoms with E-state index in [1.165, 1.54) is 56.6 Å². The van der Waals surface area contributed by atoms with Crippen molar-refractivity contribution in [1.82, 2.24) is 0 Å². The minimum atomic E-state index is -2.09. The summed E-state index contributed by atoms with van der Waals surface area (Å²) in [7, 11) is -2.37. The van der Waals surface area contributed by atoms with Crippen molar-refractivity contribution in [2.45, 2.75) is 108 Å². The second kappa shape index (κ2) is 11.4. The van der Waals surface area contributed by atoms with Crippen LogP contribution >= 0.6 is 0 Å². The molecule has 2 aromatic rings. The molecule has 0 aliphatic heterocycles. The highest BCUT2D eigenvalue weighted by Crippen LogP contribution is 2.53. The molecule has 0 bridgehead atoms. The van der Waals surface area contributed by atoms with Crippen molar-refractivity contribution < 1.29 is 4.74 Å². The van der Waals surface area contributed by atoms with Gasteiger partial charge in [-0.05, 0) is 67.4 Å². The Kier molecular flexibility index (Phi) is 8.38. The maximum Gasteiger partial charge on any atom is 0.104 e. The van der Waals surface area contributed by atoms with Gasteiger partial charge in [-0.1, -0.05) is 124 Å². The highest BCUT2D eigenvalue weighted by Gasteiger charge is 2.50. The summed E-state index contributed by atoms with van der Waals surface area (Å²) in [6, 6.07) is 20.1. The number of fused-ring (bicyclic) bond motifs is 2. The van der Waals surface area contributed by atoms with Gasteiger partial charge >= 0.3 is 0 Å². The van der Waals surface area contributed by atoms with Crippen LogP contribution in [-0.2, 0) is 4.74 Å². The molecule has 1 radical (unpaired) electrons. The SMILES string of the molecule is C[Si](C)CCC1=Cc2ccccc2C1[Si](C)(COC(C)(C)C)C1C=C(CC2CCCCC2)c2ccccc21. The third-order valence-electron chi connectivity index (χ3n) is 9.36. The van der Waals surface area contributed by atoms with Crippen molar-refractivity contribution in [3.05, 3.63) is 82.4 Å². The van der Waals surface area contributed by atoms with Crippen molar-refractivity contribution in [3.63, 3.8) is 0 Å². The summed E-state index contributed by atoms with van der Waals surface area (Å²) in [5.41, 5.74) is 10.4. The van der Waals surface area contributed by atoms with Crippen molar-refractivity contribution >= 4 is 28.5 Å². The van der Waals surface area contributed by atoms with Gasteiger partial charge in [-0.15, -0.1) is 0 Å². The smallest absolute Gasteiger partial charge is 0.104 e. The Balaban J connectivity index is 1.59. The van der Waals surface area contributed by atoms with E-state index in [1.54, 1.807) is 27.8 Å². The minimum Gasteiger partial charge on any atom is -0.379 e. The molecule has 1 fully saturated rings. The van der Waals surface area contributed by atoms with E-state index in [9.17, 15) is 0 Å². The highest BCUT2D eigenvalue weighted by atomic mass is 28.3. The number of allylic oxidation sites excluding steroid dienone is 3. The molecule has 0 amide bonds. The monoisotopic (exact) mass is 541 g/mol. The normalized spacial score (nSPS) is 23.1. The van der Waals surface area contributed by atoms with Crippen LogP contribution in [0.4, 0.5) is 0 Å². The Morgan fingerprint density at radius 1 is 0.921 bits per heavy atom. The molecule has 203 valence electrons. The summed E-state index contributed by atoms with van der Waals surface area (Å²) >= 11 is 0. The lowest BCUT2D eigenvalue weighted by Crippen LogP contribution is -2.51. The summed E-state index contributed by atoms with van der Waals surface area (Å²) in [5.74, 6) is 0.859. The molecule has 0 N–H and O–H groups in total. The molecule has 3 unspecified atom stereocenters. The maximum atomic E-state index is 6.82. The second-order valence-electron chi connectivity index (χ2n) is 13.9. The predicted octanol–water partition coefficient (Wildman–Crippen LogP) is 9.97. The molecule has 3 atom stereocenters. The van der Waals surface area contributed by atoms with E-state index in [0.29, 0.717) is 11.1 Å². The van der Waals surface area contributed by atoms with Gasteiger partial charge in [0, 0.05) is 26.1 Å². The van der Waals surface area contributed by atoms with Gasteiger partial charge in [0.1, 0.15) is 8.07 Å². The third-order valence-corrected chi connectivity index (χ3v) is 15.3. The quantitative estimate of drug-likeness (QED) is 0.287. The standard InChI is InChI=1S/C35H49OSi2/c1-35(2,3)36-25-38(6,34-28(20-21-37(4)5)23-27-16-10-11-18-31(27)34)33-24-29(22-26-14-8-7-9-15-26)30-17-12-13-19-32(30)33/h10-13,16-19,23-24,26,33-34H,7-9,14-15,20-22,25H2,1-6H3. The summed E-state index contributed by atoms with van der Waals surface area (Å²) in [6.07, 6.45) is 15.8. The second-order valence-corrected chi connectivity index (χ2v) is 21.3. The van der Waals surface area contributed by atoms with Crippen molar-refractivity contribution in [2.24, 2.45) is 5.92 Å². The Bertz CT molecular complexity index is 1180. The molecule has 3 aliphatic rings. The molecule has 0 spiro atoms. The van der Waals surface area contributed by atoms with E-state index in [4.69, 9.17) is 4.74 Å². The van der Waals surface area contributed by atoms with Crippen molar-refractivity contribution in [1.29, 1.82) is 0 Å². The van der Waals surface area contributed by atoms with Crippen LogP contribution in [-0.4, -0.2) is 28.7 Å². The third kappa shape index (κ3) is 5.90. The maximum absolute atomic E-state index is 6.82. The van der Waals surface area contributed by atoms with Crippen LogP contribution in [0, 0.1) is 5.92 Å². The number of ether oxygens (including phenoxy) is 1. The summed E-state index contributed by atoms with van der Waals surface area (Å²) in [4.78, 5) is 0. The average molecular weight is 542 g/mol. The first-order valence-electron chi connectivity index (χ1n) is 15.2. The molecular formula is C35H49OSi2. The van der Waals surface area contributed by atoms with Gasteiger partial charge in [-0.25, -0.2) is 0 Å². The lowest BCUT2D eigenvalue weighted by molar-refractivity contribution is 0.0210. The van der Waals surface area contributed by atoms with Crippen molar-refractivity contribution in [3.8, 4) is 0 Å². The molecular weight excluding hydrogens is 493 g/mol. The van der Waals surface area contributed by atoms with Gasteiger partial charge in [-0.3, -0.25) is 0 Å². The number of benzene rings is 2. The van der Waals surface area contributed by atoms with Gasteiger partial charge in [0.2, 0.25) is 0 Å². The lowest BCUT2D eigenvalue weighted by Gasteiger charge is -2.42. The Morgan fingerprint density at radius 3 is 2.32 bits per heavy atom. The minimum absolute atomic E-state index is 0.133. The molecule has 0 saturated heterocycles. The summed E-state index contributed by atoms with van der Waals surface area (Å²) in [6.45, 7) is 14.3. The molecule has 38 heavy (non-hydrogen) atoms. The predicted molar refractivity (Wildman–Crippen MR) is 170 cm³/mol. The first kappa shape index (κ1) is 27.9. The number of hydrogen-bond acceptors (Lipinski definition) is 1. The molecule has 0 aromatic heterocycles. The Labute approximate surface area is 235 Å². The van der Waals surface area contributed by atoms with Crippen LogP contribution < -0.4 is 0 Å². The topological polar surface area (TPSA) is 9.23 Å². The molecule has 1 nitrogen and oxygen atoms in total. The Morgan fingerprint density at radius 2 is 1.61 bits per heavy atom. The van der Waals surface area contributed by atoms with Crippen LogP contribution in [0.1, 0.15) is 99.1 Å². The average Bonchev–Trinajstić information content (AvgIpc) is 3.46. The fraction of sp³-hybridized carbons (Fsp3) is 0.543. The van der Waals surface area contributed by atoms with Crippen LogP contribution in [0.2, 0.25) is 25.7 Å². The largest absolute Gasteiger partial charge is 0.379 e. The molecule has 3 aliphatic carbocycles. The highest BCUT2D eigenvalue weighted by molar-refractivity contribution is 6.82. The van der Waals surface area contributed by atoms with E-state index < -0.39 is 8.07 Å². The van der Waals surface area contributed by atoms with Crippen LogP contribution in [0.5, 0.6) is 0 Å². The fourth-order valence-electron chi connectivity index (χ4n) is 7.37. The van der Waals surface area contributed by atoms with Gasteiger partial charge in [0.05, 0.1) is 5.60 Å². The van der Waals surface area contributed by atoms with Crippen LogP contribution in [0.3, 0.4) is 0 Å². The van der Waals surface area contributed by atoms with Gasteiger partial charge in [0.25, 0.3) is 0 Å². The molecule has 3 heteroatoms. The lowest BCUT2D eigenvalue weighted by atomic mass is 9.84. The molecule has 1 saturated carbocycles. The Hall–Kier alpha value is -1.69. The van der Waals surface area contributed by atoms with Gasteiger partial charge in [-0.2, -0.15) is 0 Å². The molecule has 5 rings (SSSR count). The first-order valence-corrected chi connectivity index (χ1v) is 20.7. The van der Waals surface area contributed by atoms with E-state index in [1.807, 2.05) is 0 Å². The van der Waals surface area contributed by atoms with E-state index >= 15 is 0 Å². The molecule has 2 aromatic carbocycles.